The molecule has 0 heterocycles. The number of ether oxygens (including phenoxy) is 1. The van der Waals surface area contributed by atoms with Crippen LogP contribution in [0.1, 0.15) is 22.8 Å². The highest BCUT2D eigenvalue weighted by atomic mass is 16.5. The highest BCUT2D eigenvalue weighted by Crippen LogP contribution is 2.22. The molecule has 1 atom stereocenters. The molecule has 0 bridgehead atoms. The molecule has 0 aliphatic carbocycles. The van der Waals surface area contributed by atoms with Gasteiger partial charge in [-0.15, -0.1) is 0 Å². The van der Waals surface area contributed by atoms with Crippen LogP contribution >= 0.6 is 0 Å². The lowest BCUT2D eigenvalue weighted by molar-refractivity contribution is 0.104. The molecular weight excluding hydrogens is 322 g/mol. The Balaban J connectivity index is 1.79. The van der Waals surface area contributed by atoms with Gasteiger partial charge in [-0.3, -0.25) is 4.90 Å². The van der Waals surface area contributed by atoms with Gasteiger partial charge in [-0.25, -0.2) is 0 Å². The molecule has 3 aromatic carbocycles. The first-order valence-electron chi connectivity index (χ1n) is 8.87. The van der Waals surface area contributed by atoms with E-state index in [1.807, 2.05) is 66.7 Å². The van der Waals surface area contributed by atoms with E-state index in [4.69, 9.17) is 4.74 Å². The second-order valence-corrected chi connectivity index (χ2v) is 6.39. The molecule has 0 spiro atoms. The maximum absolute atomic E-state index is 10.7. The average Bonchev–Trinajstić information content (AvgIpc) is 2.70. The van der Waals surface area contributed by atoms with E-state index < -0.39 is 6.10 Å². The molecule has 1 N–H and O–H groups in total. The van der Waals surface area contributed by atoms with Crippen molar-refractivity contribution in [1.82, 2.24) is 4.90 Å². The first-order valence-corrected chi connectivity index (χ1v) is 8.87. The molecule has 0 aromatic heterocycles. The Labute approximate surface area is 155 Å². The van der Waals surface area contributed by atoms with Gasteiger partial charge in [0.2, 0.25) is 0 Å². The first kappa shape index (κ1) is 18.2. The molecule has 0 aliphatic rings. The molecule has 0 aliphatic heterocycles. The quantitative estimate of drug-likeness (QED) is 0.654. The normalized spacial score (nSPS) is 12.1. The minimum atomic E-state index is -0.533. The molecule has 0 amide bonds. The third-order valence-electron chi connectivity index (χ3n) is 4.45. The van der Waals surface area contributed by atoms with Crippen molar-refractivity contribution in [3.63, 3.8) is 0 Å². The summed E-state index contributed by atoms with van der Waals surface area (Å²) in [5.74, 6) is 0.875. The third-order valence-corrected chi connectivity index (χ3v) is 4.45. The van der Waals surface area contributed by atoms with E-state index in [9.17, 15) is 5.11 Å². The topological polar surface area (TPSA) is 32.7 Å². The number of methoxy groups -OCH3 is 1. The van der Waals surface area contributed by atoms with Crippen molar-refractivity contribution in [2.45, 2.75) is 19.2 Å². The molecule has 3 aromatic rings. The largest absolute Gasteiger partial charge is 0.496 e. The first-order chi connectivity index (χ1) is 12.8. The zero-order chi connectivity index (χ0) is 18.2. The predicted molar refractivity (Wildman–Crippen MR) is 105 cm³/mol. The fourth-order valence-electron chi connectivity index (χ4n) is 3.13. The molecule has 26 heavy (non-hydrogen) atoms. The van der Waals surface area contributed by atoms with Crippen molar-refractivity contribution in [1.29, 1.82) is 0 Å². The number of rotatable bonds is 8. The molecule has 134 valence electrons. The predicted octanol–water partition coefficient (Wildman–Crippen LogP) is 4.43. The monoisotopic (exact) mass is 347 g/mol. The summed E-state index contributed by atoms with van der Waals surface area (Å²) in [5.41, 5.74) is 3.28. The average molecular weight is 347 g/mol. The van der Waals surface area contributed by atoms with E-state index in [1.54, 1.807) is 7.11 Å². The zero-order valence-electron chi connectivity index (χ0n) is 15.1. The van der Waals surface area contributed by atoms with Gasteiger partial charge < -0.3 is 9.84 Å². The standard InChI is InChI=1S/C23H25NO2/c1-26-23-15-9-8-14-21(23)17-24(16-19-10-4-2-5-11-19)18-22(25)20-12-6-3-7-13-20/h2-15,22,25H,16-18H2,1H3. The van der Waals surface area contributed by atoms with Crippen molar-refractivity contribution >= 4 is 0 Å². The zero-order valence-corrected chi connectivity index (χ0v) is 15.1. The molecule has 3 nitrogen and oxygen atoms in total. The van der Waals surface area contributed by atoms with Crippen LogP contribution in [-0.4, -0.2) is 23.7 Å². The van der Waals surface area contributed by atoms with Crippen molar-refractivity contribution in [3.05, 3.63) is 102 Å². The molecule has 3 rings (SSSR count). The summed E-state index contributed by atoms with van der Waals surface area (Å²) in [5, 5.41) is 10.7. The van der Waals surface area contributed by atoms with Crippen molar-refractivity contribution in [2.75, 3.05) is 13.7 Å². The van der Waals surface area contributed by atoms with E-state index in [0.29, 0.717) is 13.1 Å². The van der Waals surface area contributed by atoms with Crippen LogP contribution in [-0.2, 0) is 13.1 Å². The Kier molecular flexibility index (Phi) is 6.42. The van der Waals surface area contributed by atoms with Crippen molar-refractivity contribution < 1.29 is 9.84 Å². The molecule has 0 radical (unpaired) electrons. The van der Waals surface area contributed by atoms with E-state index in [2.05, 4.69) is 23.1 Å². The number of aliphatic hydroxyl groups excluding tert-OH is 1. The van der Waals surface area contributed by atoms with E-state index in [0.717, 1.165) is 23.4 Å². The van der Waals surface area contributed by atoms with Crippen LogP contribution in [0, 0.1) is 0 Å². The summed E-state index contributed by atoms with van der Waals surface area (Å²) in [6.45, 7) is 2.03. The van der Waals surface area contributed by atoms with Gasteiger partial charge in [0.05, 0.1) is 13.2 Å². The van der Waals surface area contributed by atoms with Crippen LogP contribution in [0.4, 0.5) is 0 Å². The number of hydrogen-bond donors (Lipinski definition) is 1. The van der Waals surface area contributed by atoms with Gasteiger partial charge in [0.15, 0.2) is 0 Å². The summed E-state index contributed by atoms with van der Waals surface area (Å²) in [6, 6.07) is 28.2. The van der Waals surface area contributed by atoms with Gasteiger partial charge in [-0.1, -0.05) is 78.9 Å². The van der Waals surface area contributed by atoms with Gasteiger partial charge in [0.1, 0.15) is 5.75 Å². The maximum atomic E-state index is 10.7. The lowest BCUT2D eigenvalue weighted by Crippen LogP contribution is -2.28. The highest BCUT2D eigenvalue weighted by Gasteiger charge is 2.16. The smallest absolute Gasteiger partial charge is 0.123 e. The molecule has 3 heteroatoms. The van der Waals surface area contributed by atoms with Gasteiger partial charge in [0, 0.05) is 25.2 Å². The molecular formula is C23H25NO2. The van der Waals surface area contributed by atoms with Gasteiger partial charge in [-0.05, 0) is 17.2 Å². The molecule has 0 fully saturated rings. The van der Waals surface area contributed by atoms with Crippen LogP contribution < -0.4 is 4.74 Å². The Hall–Kier alpha value is -2.62. The minimum absolute atomic E-state index is 0.533. The van der Waals surface area contributed by atoms with E-state index >= 15 is 0 Å². The molecule has 0 saturated carbocycles. The Bertz CT molecular complexity index is 790. The van der Waals surface area contributed by atoms with Gasteiger partial charge in [0.25, 0.3) is 0 Å². The lowest BCUT2D eigenvalue weighted by Gasteiger charge is -2.26. The summed E-state index contributed by atoms with van der Waals surface area (Å²) in [6.07, 6.45) is -0.533. The highest BCUT2D eigenvalue weighted by molar-refractivity contribution is 5.33. The summed E-state index contributed by atoms with van der Waals surface area (Å²) >= 11 is 0. The second kappa shape index (κ2) is 9.18. The number of aliphatic hydroxyl groups is 1. The lowest BCUT2D eigenvalue weighted by atomic mass is 10.1. The van der Waals surface area contributed by atoms with E-state index in [-0.39, 0.29) is 0 Å². The number of hydrogen-bond acceptors (Lipinski definition) is 3. The van der Waals surface area contributed by atoms with Crippen molar-refractivity contribution in [2.24, 2.45) is 0 Å². The third kappa shape index (κ3) is 4.94. The summed E-state index contributed by atoms with van der Waals surface area (Å²) in [7, 11) is 1.69. The van der Waals surface area contributed by atoms with Crippen molar-refractivity contribution in [3.8, 4) is 5.75 Å². The van der Waals surface area contributed by atoms with E-state index in [1.165, 1.54) is 5.56 Å². The minimum Gasteiger partial charge on any atom is -0.496 e. The molecule has 1 unspecified atom stereocenters. The Morgan fingerprint density at radius 3 is 2.12 bits per heavy atom. The van der Waals surface area contributed by atoms with Crippen LogP contribution in [0.3, 0.4) is 0 Å². The SMILES string of the molecule is COc1ccccc1CN(Cc1ccccc1)CC(O)c1ccccc1. The van der Waals surface area contributed by atoms with Crippen LogP contribution in [0.5, 0.6) is 5.75 Å². The van der Waals surface area contributed by atoms with Crippen LogP contribution in [0.2, 0.25) is 0 Å². The van der Waals surface area contributed by atoms with Crippen LogP contribution in [0.15, 0.2) is 84.9 Å². The maximum Gasteiger partial charge on any atom is 0.123 e. The number of nitrogens with zero attached hydrogens (tertiary/aromatic N) is 1. The van der Waals surface area contributed by atoms with Gasteiger partial charge >= 0.3 is 0 Å². The summed E-state index contributed by atoms with van der Waals surface area (Å²) in [4.78, 5) is 2.25. The molecule has 0 saturated heterocycles. The fourth-order valence-corrected chi connectivity index (χ4v) is 3.13. The Morgan fingerprint density at radius 1 is 0.808 bits per heavy atom. The second-order valence-electron chi connectivity index (χ2n) is 6.39. The summed E-state index contributed by atoms with van der Waals surface area (Å²) < 4.78 is 5.50. The number of benzene rings is 3. The fraction of sp³-hybridized carbons (Fsp3) is 0.217. The Morgan fingerprint density at radius 2 is 1.42 bits per heavy atom. The number of para-hydroxylation sites is 1. The van der Waals surface area contributed by atoms with Gasteiger partial charge in [-0.2, -0.15) is 0 Å². The van der Waals surface area contributed by atoms with Crippen LogP contribution in [0.25, 0.3) is 0 Å².